The Morgan fingerprint density at radius 1 is 1.26 bits per heavy atom. The lowest BCUT2D eigenvalue weighted by Crippen LogP contribution is -2.39. The monoisotopic (exact) mass is 381 g/mol. The molecule has 8 heteroatoms. The number of guanidine groups is 1. The molecule has 1 atom stereocenters. The van der Waals surface area contributed by atoms with Crippen LogP contribution in [0.15, 0.2) is 41.7 Å². The zero-order valence-electron chi connectivity index (χ0n) is 15.8. The van der Waals surface area contributed by atoms with Gasteiger partial charge in [-0.15, -0.1) is 0 Å². The summed E-state index contributed by atoms with van der Waals surface area (Å²) in [7, 11) is 3.57. The molecule has 5 nitrogen and oxygen atoms in total. The predicted octanol–water partition coefficient (Wildman–Crippen LogP) is 3.34. The van der Waals surface area contributed by atoms with Crippen LogP contribution in [0, 0.1) is 0 Å². The molecule has 2 N–H and O–H groups in total. The van der Waals surface area contributed by atoms with E-state index in [0.717, 1.165) is 18.1 Å². The highest BCUT2D eigenvalue weighted by Gasteiger charge is 2.30. The molecule has 0 spiro atoms. The van der Waals surface area contributed by atoms with Crippen molar-refractivity contribution in [3.8, 4) is 0 Å². The second kappa shape index (κ2) is 9.43. The molecule has 1 heterocycles. The van der Waals surface area contributed by atoms with E-state index < -0.39 is 11.7 Å². The van der Waals surface area contributed by atoms with Gasteiger partial charge in [-0.05, 0) is 36.0 Å². The zero-order valence-corrected chi connectivity index (χ0v) is 15.8. The smallest absolute Gasteiger partial charge is 0.356 e. The first-order valence-electron chi connectivity index (χ1n) is 8.89. The van der Waals surface area contributed by atoms with Gasteiger partial charge in [-0.2, -0.15) is 18.3 Å². The van der Waals surface area contributed by atoms with Crippen LogP contribution in [-0.2, 0) is 19.6 Å². The van der Waals surface area contributed by atoms with E-state index in [9.17, 15) is 13.2 Å². The topological polar surface area (TPSA) is 54.2 Å². The number of nitrogens with zero attached hydrogens (tertiary/aromatic N) is 3. The van der Waals surface area contributed by atoms with Gasteiger partial charge in [0.05, 0.1) is 11.8 Å². The van der Waals surface area contributed by atoms with Crippen LogP contribution in [0.2, 0.25) is 0 Å². The van der Waals surface area contributed by atoms with Crippen molar-refractivity contribution in [3.63, 3.8) is 0 Å². The standard InChI is InChI=1S/C19H26F3N5/c1-14(16-5-4-6-17(11-16)19(20,21)22)7-9-24-18(23-2)25-10-8-15-12-26-27(3)13-15/h4-6,11-14H,7-10H2,1-3H3,(H2,23,24,25). The second-order valence-electron chi connectivity index (χ2n) is 6.51. The Morgan fingerprint density at radius 3 is 2.63 bits per heavy atom. The van der Waals surface area contributed by atoms with Crippen LogP contribution in [0.3, 0.4) is 0 Å². The maximum Gasteiger partial charge on any atom is 0.416 e. The third-order valence-electron chi connectivity index (χ3n) is 4.34. The van der Waals surface area contributed by atoms with Gasteiger partial charge in [0.1, 0.15) is 0 Å². The molecule has 0 aliphatic heterocycles. The summed E-state index contributed by atoms with van der Waals surface area (Å²) in [5, 5.41) is 10.6. The Morgan fingerprint density at radius 2 is 2.00 bits per heavy atom. The molecular formula is C19H26F3N5. The van der Waals surface area contributed by atoms with Gasteiger partial charge in [0, 0.05) is 33.4 Å². The van der Waals surface area contributed by atoms with Crippen molar-refractivity contribution in [2.75, 3.05) is 20.1 Å². The van der Waals surface area contributed by atoms with Gasteiger partial charge in [-0.3, -0.25) is 9.67 Å². The molecule has 1 aromatic heterocycles. The van der Waals surface area contributed by atoms with E-state index in [1.165, 1.54) is 12.1 Å². The van der Waals surface area contributed by atoms with Crippen molar-refractivity contribution in [2.24, 2.45) is 12.0 Å². The number of rotatable bonds is 7. The van der Waals surface area contributed by atoms with Crippen molar-refractivity contribution in [1.29, 1.82) is 0 Å². The van der Waals surface area contributed by atoms with Crippen LogP contribution >= 0.6 is 0 Å². The fourth-order valence-corrected chi connectivity index (χ4v) is 2.74. The minimum atomic E-state index is -4.31. The molecule has 1 aromatic carbocycles. The van der Waals surface area contributed by atoms with E-state index in [0.29, 0.717) is 31.0 Å². The molecule has 27 heavy (non-hydrogen) atoms. The van der Waals surface area contributed by atoms with Gasteiger partial charge in [0.25, 0.3) is 0 Å². The molecule has 1 unspecified atom stereocenters. The van der Waals surface area contributed by atoms with E-state index in [1.807, 2.05) is 26.4 Å². The van der Waals surface area contributed by atoms with Crippen LogP contribution in [0.5, 0.6) is 0 Å². The number of nitrogens with one attached hydrogen (secondary N) is 2. The first-order valence-corrected chi connectivity index (χ1v) is 8.89. The predicted molar refractivity (Wildman–Crippen MR) is 101 cm³/mol. The Kier molecular flexibility index (Phi) is 7.27. The minimum Gasteiger partial charge on any atom is -0.356 e. The number of benzene rings is 1. The lowest BCUT2D eigenvalue weighted by Gasteiger charge is -2.16. The Labute approximate surface area is 157 Å². The maximum absolute atomic E-state index is 12.8. The molecule has 0 bridgehead atoms. The number of halogens is 3. The highest BCUT2D eigenvalue weighted by molar-refractivity contribution is 5.79. The van der Waals surface area contributed by atoms with Crippen molar-refractivity contribution in [2.45, 2.75) is 31.9 Å². The highest BCUT2D eigenvalue weighted by Crippen LogP contribution is 2.31. The molecule has 0 saturated carbocycles. The summed E-state index contributed by atoms with van der Waals surface area (Å²) >= 11 is 0. The zero-order chi connectivity index (χ0) is 19.9. The summed E-state index contributed by atoms with van der Waals surface area (Å²) in [5.74, 6) is 0.684. The molecule has 2 rings (SSSR count). The molecule has 0 aliphatic carbocycles. The van der Waals surface area contributed by atoms with E-state index in [2.05, 4.69) is 20.7 Å². The van der Waals surface area contributed by atoms with Crippen molar-refractivity contribution < 1.29 is 13.2 Å². The van der Waals surface area contributed by atoms with Gasteiger partial charge in [0.15, 0.2) is 5.96 Å². The molecule has 0 saturated heterocycles. The first-order chi connectivity index (χ1) is 12.8. The summed E-state index contributed by atoms with van der Waals surface area (Å²) in [6, 6.07) is 5.52. The minimum absolute atomic E-state index is 0.00768. The molecule has 148 valence electrons. The summed E-state index contributed by atoms with van der Waals surface area (Å²) in [5.41, 5.74) is 1.22. The Hall–Kier alpha value is -2.51. The molecular weight excluding hydrogens is 355 g/mol. The second-order valence-corrected chi connectivity index (χ2v) is 6.51. The van der Waals surface area contributed by atoms with Gasteiger partial charge >= 0.3 is 6.18 Å². The van der Waals surface area contributed by atoms with Crippen LogP contribution in [0.25, 0.3) is 0 Å². The maximum atomic E-state index is 12.8. The molecule has 0 amide bonds. The number of aryl methyl sites for hydroxylation is 1. The summed E-state index contributed by atoms with van der Waals surface area (Å²) in [4.78, 5) is 4.17. The van der Waals surface area contributed by atoms with Crippen LogP contribution in [-0.4, -0.2) is 35.9 Å². The van der Waals surface area contributed by atoms with Gasteiger partial charge in [-0.25, -0.2) is 0 Å². The fraction of sp³-hybridized carbons (Fsp3) is 0.474. The summed E-state index contributed by atoms with van der Waals surface area (Å²) in [6.45, 7) is 3.26. The quantitative estimate of drug-likeness (QED) is 0.571. The molecule has 0 radical (unpaired) electrons. The fourth-order valence-electron chi connectivity index (χ4n) is 2.74. The highest BCUT2D eigenvalue weighted by atomic mass is 19.4. The molecule has 0 fully saturated rings. The Bertz CT molecular complexity index is 752. The van der Waals surface area contributed by atoms with Crippen molar-refractivity contribution in [1.82, 2.24) is 20.4 Å². The van der Waals surface area contributed by atoms with Gasteiger partial charge in [0.2, 0.25) is 0 Å². The third-order valence-corrected chi connectivity index (χ3v) is 4.34. The third kappa shape index (κ3) is 6.62. The van der Waals surface area contributed by atoms with E-state index in [1.54, 1.807) is 17.8 Å². The van der Waals surface area contributed by atoms with E-state index in [-0.39, 0.29) is 5.92 Å². The number of hydrogen-bond acceptors (Lipinski definition) is 2. The van der Waals surface area contributed by atoms with Gasteiger partial charge < -0.3 is 10.6 Å². The van der Waals surface area contributed by atoms with E-state index >= 15 is 0 Å². The van der Waals surface area contributed by atoms with Crippen LogP contribution in [0.1, 0.15) is 36.0 Å². The number of aliphatic imine (C=N–C) groups is 1. The van der Waals surface area contributed by atoms with Crippen LogP contribution in [0.4, 0.5) is 13.2 Å². The average molecular weight is 381 g/mol. The van der Waals surface area contributed by atoms with E-state index in [4.69, 9.17) is 0 Å². The first kappa shape index (κ1) is 20.8. The lowest BCUT2D eigenvalue weighted by molar-refractivity contribution is -0.137. The lowest BCUT2D eigenvalue weighted by atomic mass is 9.96. The summed E-state index contributed by atoms with van der Waals surface area (Å²) < 4.78 is 40.3. The molecule has 0 aliphatic rings. The average Bonchev–Trinajstić information content (AvgIpc) is 3.04. The van der Waals surface area contributed by atoms with Gasteiger partial charge in [-0.1, -0.05) is 25.1 Å². The normalized spacial score (nSPS) is 13.5. The largest absolute Gasteiger partial charge is 0.416 e. The number of alkyl halides is 3. The van der Waals surface area contributed by atoms with Crippen molar-refractivity contribution >= 4 is 5.96 Å². The number of hydrogen-bond donors (Lipinski definition) is 2. The van der Waals surface area contributed by atoms with Crippen molar-refractivity contribution in [3.05, 3.63) is 53.3 Å². The van der Waals surface area contributed by atoms with Crippen LogP contribution < -0.4 is 10.6 Å². The SMILES string of the molecule is CN=C(NCCc1cnn(C)c1)NCCC(C)c1cccc(C(F)(F)F)c1. The number of aromatic nitrogens is 2. The Balaban J connectivity index is 1.76. The molecule has 2 aromatic rings. The summed E-state index contributed by atoms with van der Waals surface area (Å²) in [6.07, 6.45) is 1.01.